The first-order valence-corrected chi connectivity index (χ1v) is 2.21. The highest BCUT2D eigenvalue weighted by atomic mass is 35.5. The van der Waals surface area contributed by atoms with E-state index in [-0.39, 0.29) is 5.88 Å². The van der Waals surface area contributed by atoms with Crippen LogP contribution >= 0.6 is 11.6 Å². The van der Waals surface area contributed by atoms with Gasteiger partial charge in [-0.15, -0.1) is 11.6 Å². The molecule has 2 nitrogen and oxygen atoms in total. The summed E-state index contributed by atoms with van der Waals surface area (Å²) in [5.74, 6) is -0.594. The Kier molecular flexibility index (Phi) is 3.42. The molecule has 0 N–H and O–H groups in total. The molecule has 0 aromatic heterocycles. The van der Waals surface area contributed by atoms with Crippen molar-refractivity contribution < 1.29 is 9.53 Å². The number of hydrogen-bond acceptors (Lipinski definition) is 2. The molecule has 0 rings (SSSR count). The van der Waals surface area contributed by atoms with Gasteiger partial charge in [0.15, 0.2) is 0 Å². The van der Waals surface area contributed by atoms with Gasteiger partial charge >= 0.3 is 5.97 Å². The standard InChI is InChI=1S/C4H5ClO2/c1-2-7-4(6)3-5/h2H,1,3H2. The molecule has 0 aliphatic rings. The third-order valence-electron chi connectivity index (χ3n) is 0.324. The van der Waals surface area contributed by atoms with Crippen LogP contribution in [0.25, 0.3) is 0 Å². The fourth-order valence-corrected chi connectivity index (χ4v) is 0.187. The summed E-state index contributed by atoms with van der Waals surface area (Å²) >= 11 is 5.01. The molecule has 0 aliphatic carbocycles. The van der Waals surface area contributed by atoms with Gasteiger partial charge in [0.05, 0.1) is 6.26 Å². The predicted molar refractivity (Wildman–Crippen MR) is 27.0 cm³/mol. The van der Waals surface area contributed by atoms with E-state index in [1.165, 1.54) is 0 Å². The van der Waals surface area contributed by atoms with Crippen LogP contribution in [0.3, 0.4) is 0 Å². The monoisotopic (exact) mass is 120 g/mol. The van der Waals surface area contributed by atoms with E-state index in [0.717, 1.165) is 6.26 Å². The van der Waals surface area contributed by atoms with Gasteiger partial charge in [-0.1, -0.05) is 6.58 Å². The van der Waals surface area contributed by atoms with E-state index in [2.05, 4.69) is 11.3 Å². The number of ether oxygens (including phenoxy) is 1. The minimum atomic E-state index is -0.475. The van der Waals surface area contributed by atoms with Crippen LogP contribution in [0.15, 0.2) is 12.8 Å². The topological polar surface area (TPSA) is 26.3 Å². The van der Waals surface area contributed by atoms with Crippen molar-refractivity contribution >= 4 is 17.6 Å². The van der Waals surface area contributed by atoms with E-state index in [0.29, 0.717) is 0 Å². The van der Waals surface area contributed by atoms with Crippen LogP contribution < -0.4 is 0 Å². The lowest BCUT2D eigenvalue weighted by Crippen LogP contribution is -1.98. The van der Waals surface area contributed by atoms with Crippen LogP contribution in [0.5, 0.6) is 0 Å². The van der Waals surface area contributed by atoms with Crippen LogP contribution in [0.4, 0.5) is 0 Å². The predicted octanol–water partition coefficient (Wildman–Crippen LogP) is 0.912. The molecule has 0 spiro atoms. The minimum absolute atomic E-state index is 0.119. The van der Waals surface area contributed by atoms with Crippen molar-refractivity contribution in [2.75, 3.05) is 5.88 Å². The van der Waals surface area contributed by atoms with Crippen molar-refractivity contribution in [3.05, 3.63) is 12.8 Å². The van der Waals surface area contributed by atoms with Gasteiger partial charge in [-0.25, -0.2) is 0 Å². The highest BCUT2D eigenvalue weighted by molar-refractivity contribution is 6.26. The van der Waals surface area contributed by atoms with E-state index < -0.39 is 5.97 Å². The van der Waals surface area contributed by atoms with Crippen molar-refractivity contribution in [1.82, 2.24) is 0 Å². The molecule has 7 heavy (non-hydrogen) atoms. The minimum Gasteiger partial charge on any atom is -0.434 e. The van der Waals surface area contributed by atoms with Crippen molar-refractivity contribution in [2.24, 2.45) is 0 Å². The second kappa shape index (κ2) is 3.68. The van der Waals surface area contributed by atoms with Crippen LogP contribution in [0.2, 0.25) is 0 Å². The van der Waals surface area contributed by atoms with Crippen molar-refractivity contribution in [3.8, 4) is 0 Å². The molecule has 0 aliphatic heterocycles. The molecule has 0 heterocycles. The van der Waals surface area contributed by atoms with Crippen molar-refractivity contribution in [1.29, 1.82) is 0 Å². The number of alkyl halides is 1. The molecule has 3 heteroatoms. The number of halogens is 1. The zero-order valence-corrected chi connectivity index (χ0v) is 4.44. The Hall–Kier alpha value is -0.500. The molecule has 40 valence electrons. The van der Waals surface area contributed by atoms with E-state index in [4.69, 9.17) is 11.6 Å². The SMILES string of the molecule is C=COC(=O)CCl. The molecule has 0 saturated heterocycles. The Morgan fingerprint density at radius 2 is 2.57 bits per heavy atom. The summed E-state index contributed by atoms with van der Waals surface area (Å²) in [4.78, 5) is 9.99. The van der Waals surface area contributed by atoms with Gasteiger partial charge in [0, 0.05) is 0 Å². The van der Waals surface area contributed by atoms with Crippen LogP contribution in [0, 0.1) is 0 Å². The summed E-state index contributed by atoms with van der Waals surface area (Å²) in [7, 11) is 0. The zero-order chi connectivity index (χ0) is 5.70. The molecule has 0 radical (unpaired) electrons. The third-order valence-corrected chi connectivity index (χ3v) is 0.542. The lowest BCUT2D eigenvalue weighted by molar-refractivity contribution is -0.135. The van der Waals surface area contributed by atoms with Gasteiger partial charge in [0.2, 0.25) is 0 Å². The zero-order valence-electron chi connectivity index (χ0n) is 3.69. The summed E-state index contributed by atoms with van der Waals surface area (Å²) in [6.45, 7) is 3.15. The normalized spacial score (nSPS) is 7.57. The van der Waals surface area contributed by atoms with E-state index in [9.17, 15) is 4.79 Å². The Labute approximate surface area is 46.7 Å². The Balaban J connectivity index is 3.17. The van der Waals surface area contributed by atoms with Gasteiger partial charge in [-0.3, -0.25) is 4.79 Å². The van der Waals surface area contributed by atoms with Gasteiger partial charge < -0.3 is 4.74 Å². The first kappa shape index (κ1) is 6.50. The first-order chi connectivity index (χ1) is 3.31. The second-order valence-electron chi connectivity index (χ2n) is 0.790. The Morgan fingerprint density at radius 3 is 2.71 bits per heavy atom. The van der Waals surface area contributed by atoms with E-state index >= 15 is 0 Å². The van der Waals surface area contributed by atoms with Gasteiger partial charge in [-0.05, 0) is 0 Å². The third kappa shape index (κ3) is 3.33. The lowest BCUT2D eigenvalue weighted by Gasteiger charge is -1.87. The molecular weight excluding hydrogens is 115 g/mol. The summed E-state index contributed by atoms with van der Waals surface area (Å²) < 4.78 is 4.18. The van der Waals surface area contributed by atoms with Gasteiger partial charge in [0.1, 0.15) is 5.88 Å². The largest absolute Gasteiger partial charge is 0.434 e. The number of esters is 1. The van der Waals surface area contributed by atoms with Crippen LogP contribution in [-0.4, -0.2) is 11.8 Å². The smallest absolute Gasteiger partial charge is 0.325 e. The molecule has 0 aromatic carbocycles. The number of rotatable bonds is 2. The van der Waals surface area contributed by atoms with E-state index in [1.54, 1.807) is 0 Å². The van der Waals surface area contributed by atoms with Crippen LogP contribution in [-0.2, 0) is 9.53 Å². The highest BCUT2D eigenvalue weighted by Crippen LogP contribution is 1.80. The molecule has 0 unspecified atom stereocenters. The quantitative estimate of drug-likeness (QED) is 0.308. The average Bonchev–Trinajstić information content (AvgIpc) is 1.68. The molecule has 0 bridgehead atoms. The molecule has 0 saturated carbocycles. The number of carbonyl (C=O) groups is 1. The summed E-state index contributed by atoms with van der Waals surface area (Å²) in [6.07, 6.45) is 1.05. The molecule has 0 fully saturated rings. The molecule has 0 aromatic rings. The lowest BCUT2D eigenvalue weighted by atomic mass is 10.8. The maximum absolute atomic E-state index is 9.99. The summed E-state index contributed by atoms with van der Waals surface area (Å²) in [6, 6.07) is 0. The summed E-state index contributed by atoms with van der Waals surface area (Å²) in [5.41, 5.74) is 0. The highest BCUT2D eigenvalue weighted by Gasteiger charge is 1.91. The number of hydrogen-bond donors (Lipinski definition) is 0. The maximum Gasteiger partial charge on any atom is 0.325 e. The molecule has 0 amide bonds. The fraction of sp³-hybridized carbons (Fsp3) is 0.250. The second-order valence-corrected chi connectivity index (χ2v) is 1.06. The van der Waals surface area contributed by atoms with E-state index in [1.807, 2.05) is 0 Å². The maximum atomic E-state index is 9.99. The Bertz CT molecular complexity index is 79.8. The average molecular weight is 121 g/mol. The summed E-state index contributed by atoms with van der Waals surface area (Å²) in [5, 5.41) is 0. The van der Waals surface area contributed by atoms with Gasteiger partial charge in [-0.2, -0.15) is 0 Å². The molecule has 0 atom stereocenters. The Morgan fingerprint density at radius 1 is 2.00 bits per heavy atom. The number of carbonyl (C=O) groups excluding carboxylic acids is 1. The van der Waals surface area contributed by atoms with Gasteiger partial charge in [0.25, 0.3) is 0 Å². The first-order valence-electron chi connectivity index (χ1n) is 1.67. The molecular formula is C4H5ClO2. The fourth-order valence-electron chi connectivity index (χ4n) is 0.124. The van der Waals surface area contributed by atoms with Crippen LogP contribution in [0.1, 0.15) is 0 Å². The van der Waals surface area contributed by atoms with Crippen molar-refractivity contribution in [3.63, 3.8) is 0 Å². The van der Waals surface area contributed by atoms with Crippen molar-refractivity contribution in [2.45, 2.75) is 0 Å².